The van der Waals surface area contributed by atoms with Gasteiger partial charge in [-0.05, 0) is 11.1 Å². The molecule has 0 aliphatic carbocycles. The molecule has 0 amide bonds. The van der Waals surface area contributed by atoms with Gasteiger partial charge in [-0.2, -0.15) is 0 Å². The van der Waals surface area contributed by atoms with E-state index in [1.165, 1.54) is 6.20 Å². The lowest BCUT2D eigenvalue weighted by Gasteiger charge is -2.14. The number of carboxylic acids is 1. The lowest BCUT2D eigenvalue weighted by atomic mass is 10.2. The minimum atomic E-state index is -1.16. The highest BCUT2D eigenvalue weighted by molar-refractivity contribution is 5.89. The zero-order valence-corrected chi connectivity index (χ0v) is 13.5. The van der Waals surface area contributed by atoms with Gasteiger partial charge < -0.3 is 14.6 Å². The summed E-state index contributed by atoms with van der Waals surface area (Å²) in [7, 11) is 0. The molecule has 0 saturated heterocycles. The number of aromatic nitrogens is 1. The van der Waals surface area contributed by atoms with Gasteiger partial charge in [-0.25, -0.2) is 9.78 Å². The molecule has 1 heterocycles. The zero-order valence-electron chi connectivity index (χ0n) is 13.5. The molecule has 1 N–H and O–H groups in total. The number of hydrogen-bond donors (Lipinski definition) is 1. The fraction of sp³-hybridized carbons (Fsp3) is 0.100. The molecule has 126 valence electrons. The Morgan fingerprint density at radius 1 is 0.840 bits per heavy atom. The number of carboxylic acid groups (broad SMARTS) is 1. The van der Waals surface area contributed by atoms with E-state index >= 15 is 0 Å². The van der Waals surface area contributed by atoms with Crippen LogP contribution in [0.5, 0.6) is 11.5 Å². The number of nitrogens with zero attached hydrogens (tertiary/aromatic N) is 1. The average molecular weight is 335 g/mol. The van der Waals surface area contributed by atoms with Crippen molar-refractivity contribution < 1.29 is 19.4 Å². The predicted molar refractivity (Wildman–Crippen MR) is 92.7 cm³/mol. The van der Waals surface area contributed by atoms with Crippen molar-refractivity contribution in [2.75, 3.05) is 0 Å². The summed E-state index contributed by atoms with van der Waals surface area (Å²) in [4.78, 5) is 15.4. The van der Waals surface area contributed by atoms with E-state index in [-0.39, 0.29) is 18.1 Å². The number of carbonyl (C=O) groups is 1. The summed E-state index contributed by atoms with van der Waals surface area (Å²) in [6.45, 7) is 0.542. The van der Waals surface area contributed by atoms with Crippen molar-refractivity contribution in [2.24, 2.45) is 0 Å². The molecule has 25 heavy (non-hydrogen) atoms. The Morgan fingerprint density at radius 3 is 1.96 bits per heavy atom. The second-order valence-corrected chi connectivity index (χ2v) is 5.34. The van der Waals surface area contributed by atoms with Crippen LogP contribution < -0.4 is 9.47 Å². The highest BCUT2D eigenvalue weighted by Gasteiger charge is 2.19. The Labute approximate surface area is 145 Å². The summed E-state index contributed by atoms with van der Waals surface area (Å²) in [5.74, 6) is -0.671. The molecule has 5 nitrogen and oxygen atoms in total. The van der Waals surface area contributed by atoms with E-state index in [0.29, 0.717) is 12.4 Å². The molecule has 1 aromatic heterocycles. The largest absolute Gasteiger partial charge is 0.485 e. The van der Waals surface area contributed by atoms with Gasteiger partial charge >= 0.3 is 5.97 Å². The molecule has 0 unspecified atom stereocenters. The first-order chi connectivity index (χ1) is 12.2. The van der Waals surface area contributed by atoms with E-state index in [9.17, 15) is 9.90 Å². The van der Waals surface area contributed by atoms with E-state index in [1.807, 2.05) is 60.7 Å². The minimum Gasteiger partial charge on any atom is -0.485 e. The van der Waals surface area contributed by atoms with Crippen LogP contribution in [0.2, 0.25) is 0 Å². The number of aromatic carboxylic acids is 1. The van der Waals surface area contributed by atoms with E-state index in [4.69, 9.17) is 9.47 Å². The monoisotopic (exact) mass is 335 g/mol. The maximum atomic E-state index is 11.5. The quantitative estimate of drug-likeness (QED) is 0.708. The highest BCUT2D eigenvalue weighted by Crippen LogP contribution is 2.31. The Kier molecular flexibility index (Phi) is 5.26. The van der Waals surface area contributed by atoms with E-state index in [0.717, 1.165) is 11.1 Å². The smallest absolute Gasteiger partial charge is 0.358 e. The van der Waals surface area contributed by atoms with Gasteiger partial charge in [0.1, 0.15) is 13.2 Å². The molecule has 0 atom stereocenters. The predicted octanol–water partition coefficient (Wildman–Crippen LogP) is 3.94. The third-order valence-electron chi connectivity index (χ3n) is 3.53. The number of benzene rings is 2. The van der Waals surface area contributed by atoms with E-state index < -0.39 is 5.97 Å². The fourth-order valence-electron chi connectivity index (χ4n) is 2.30. The van der Waals surface area contributed by atoms with Gasteiger partial charge in [-0.15, -0.1) is 0 Å². The van der Waals surface area contributed by atoms with Gasteiger partial charge in [0, 0.05) is 12.3 Å². The Morgan fingerprint density at radius 2 is 1.40 bits per heavy atom. The summed E-state index contributed by atoms with van der Waals surface area (Å²) in [6.07, 6.45) is 1.40. The second-order valence-electron chi connectivity index (χ2n) is 5.34. The molecular formula is C20H17NO4. The van der Waals surface area contributed by atoms with Crippen molar-refractivity contribution >= 4 is 5.97 Å². The van der Waals surface area contributed by atoms with Crippen LogP contribution in [-0.4, -0.2) is 16.1 Å². The summed E-state index contributed by atoms with van der Waals surface area (Å²) >= 11 is 0. The van der Waals surface area contributed by atoms with Gasteiger partial charge in [0.2, 0.25) is 0 Å². The third kappa shape index (κ3) is 4.35. The maximum Gasteiger partial charge on any atom is 0.358 e. The first kappa shape index (κ1) is 16.5. The van der Waals surface area contributed by atoms with Gasteiger partial charge in [-0.1, -0.05) is 60.7 Å². The number of ether oxygens (including phenoxy) is 2. The summed E-state index contributed by atoms with van der Waals surface area (Å²) in [6, 6.07) is 20.7. The van der Waals surface area contributed by atoms with Crippen molar-refractivity contribution in [2.45, 2.75) is 13.2 Å². The topological polar surface area (TPSA) is 68.7 Å². The van der Waals surface area contributed by atoms with Crippen LogP contribution in [0.1, 0.15) is 21.6 Å². The van der Waals surface area contributed by atoms with Crippen LogP contribution in [0.15, 0.2) is 72.9 Å². The van der Waals surface area contributed by atoms with Crippen molar-refractivity contribution in [3.8, 4) is 11.5 Å². The van der Waals surface area contributed by atoms with Crippen molar-refractivity contribution in [3.63, 3.8) is 0 Å². The average Bonchev–Trinajstić information content (AvgIpc) is 2.66. The van der Waals surface area contributed by atoms with Crippen LogP contribution in [-0.2, 0) is 13.2 Å². The van der Waals surface area contributed by atoms with Crippen molar-refractivity contribution in [1.29, 1.82) is 0 Å². The molecule has 5 heteroatoms. The van der Waals surface area contributed by atoms with Crippen molar-refractivity contribution in [3.05, 3.63) is 89.7 Å². The standard InChI is InChI=1S/C20H17NO4/c22-20(23)18-19(25-14-16-9-5-2-6-10-16)17(11-12-21-18)24-13-15-7-3-1-4-8-15/h1-12H,13-14H2,(H,22,23). The van der Waals surface area contributed by atoms with E-state index in [2.05, 4.69) is 4.98 Å². The first-order valence-corrected chi connectivity index (χ1v) is 7.80. The van der Waals surface area contributed by atoms with Gasteiger partial charge in [-0.3, -0.25) is 0 Å². The summed E-state index contributed by atoms with van der Waals surface area (Å²) in [5, 5.41) is 9.37. The van der Waals surface area contributed by atoms with E-state index in [1.54, 1.807) is 6.07 Å². The maximum absolute atomic E-state index is 11.5. The number of pyridine rings is 1. The number of rotatable bonds is 7. The normalized spacial score (nSPS) is 10.2. The van der Waals surface area contributed by atoms with Gasteiger partial charge in [0.15, 0.2) is 17.2 Å². The lowest BCUT2D eigenvalue weighted by Crippen LogP contribution is -2.08. The Hall–Kier alpha value is -3.34. The van der Waals surface area contributed by atoms with Crippen molar-refractivity contribution in [1.82, 2.24) is 4.98 Å². The Balaban J connectivity index is 1.81. The van der Waals surface area contributed by atoms with Crippen LogP contribution >= 0.6 is 0 Å². The molecular weight excluding hydrogens is 318 g/mol. The molecule has 0 aliphatic heterocycles. The second kappa shape index (κ2) is 7.97. The molecule has 3 rings (SSSR count). The van der Waals surface area contributed by atoms with Gasteiger partial charge in [0.05, 0.1) is 0 Å². The molecule has 0 fully saturated rings. The van der Waals surface area contributed by atoms with Crippen LogP contribution in [0.3, 0.4) is 0 Å². The first-order valence-electron chi connectivity index (χ1n) is 7.80. The van der Waals surface area contributed by atoms with Crippen LogP contribution in [0.25, 0.3) is 0 Å². The van der Waals surface area contributed by atoms with Crippen LogP contribution in [0, 0.1) is 0 Å². The summed E-state index contributed by atoms with van der Waals surface area (Å²) in [5.41, 5.74) is 1.74. The summed E-state index contributed by atoms with van der Waals surface area (Å²) < 4.78 is 11.5. The third-order valence-corrected chi connectivity index (χ3v) is 3.53. The fourth-order valence-corrected chi connectivity index (χ4v) is 2.30. The SMILES string of the molecule is O=C(O)c1nccc(OCc2ccccc2)c1OCc1ccccc1. The Bertz CT molecular complexity index is 835. The van der Waals surface area contributed by atoms with Crippen LogP contribution in [0.4, 0.5) is 0 Å². The molecule has 0 aliphatic rings. The molecule has 2 aromatic carbocycles. The number of hydrogen-bond acceptors (Lipinski definition) is 4. The molecule has 0 bridgehead atoms. The van der Waals surface area contributed by atoms with Gasteiger partial charge in [0.25, 0.3) is 0 Å². The highest BCUT2D eigenvalue weighted by atomic mass is 16.5. The minimum absolute atomic E-state index is 0.134. The lowest BCUT2D eigenvalue weighted by molar-refractivity contribution is 0.0683. The molecule has 0 spiro atoms. The molecule has 3 aromatic rings. The molecule has 0 saturated carbocycles. The zero-order chi connectivity index (χ0) is 17.5. The molecule has 0 radical (unpaired) electrons.